The predicted octanol–water partition coefficient (Wildman–Crippen LogP) is 2.34. The van der Waals surface area contributed by atoms with E-state index < -0.39 is 0 Å². The molecule has 0 radical (unpaired) electrons. The number of thioether (sulfide) groups is 1. The first kappa shape index (κ1) is 12.7. The van der Waals surface area contributed by atoms with Crippen LogP contribution in [0.5, 0.6) is 0 Å². The van der Waals surface area contributed by atoms with Gasteiger partial charge in [0.1, 0.15) is 6.26 Å². The molecule has 6 nitrogen and oxygen atoms in total. The lowest BCUT2D eigenvalue weighted by Gasteiger charge is -1.98. The Morgan fingerprint density at radius 3 is 2.75 bits per heavy atom. The van der Waals surface area contributed by atoms with Gasteiger partial charge in [0.05, 0.1) is 5.69 Å². The molecule has 1 aromatic carbocycles. The van der Waals surface area contributed by atoms with Crippen LogP contribution in [0.4, 0.5) is 5.95 Å². The van der Waals surface area contributed by atoms with Crippen molar-refractivity contribution in [2.75, 3.05) is 5.73 Å². The number of hydrogen-bond acceptors (Lipinski definition) is 6. The van der Waals surface area contributed by atoms with Gasteiger partial charge in [0.25, 0.3) is 0 Å². The van der Waals surface area contributed by atoms with Crippen LogP contribution in [0.25, 0.3) is 11.5 Å². The van der Waals surface area contributed by atoms with Crippen LogP contribution in [-0.2, 0) is 12.8 Å². The quantitative estimate of drug-likeness (QED) is 0.742. The second-order valence-corrected chi connectivity index (χ2v) is 5.14. The van der Waals surface area contributed by atoms with Crippen molar-refractivity contribution in [3.8, 4) is 11.5 Å². The Morgan fingerprint density at radius 2 is 2.05 bits per heavy atom. The highest BCUT2D eigenvalue weighted by Crippen LogP contribution is 2.24. The van der Waals surface area contributed by atoms with Crippen LogP contribution in [0.1, 0.15) is 5.69 Å². The van der Waals surface area contributed by atoms with Gasteiger partial charge in [0, 0.05) is 18.4 Å². The summed E-state index contributed by atoms with van der Waals surface area (Å²) in [6.45, 7) is 0. The monoisotopic (exact) mass is 287 g/mol. The zero-order valence-electron chi connectivity index (χ0n) is 10.9. The van der Waals surface area contributed by atoms with E-state index in [0.717, 1.165) is 16.4 Å². The van der Waals surface area contributed by atoms with E-state index in [-0.39, 0.29) is 0 Å². The van der Waals surface area contributed by atoms with Crippen molar-refractivity contribution in [1.82, 2.24) is 19.7 Å². The average molecular weight is 287 g/mol. The van der Waals surface area contributed by atoms with E-state index >= 15 is 0 Å². The largest absolute Gasteiger partial charge is 0.444 e. The van der Waals surface area contributed by atoms with Gasteiger partial charge in [-0.05, 0) is 12.1 Å². The van der Waals surface area contributed by atoms with Gasteiger partial charge in [-0.3, -0.25) is 4.57 Å². The van der Waals surface area contributed by atoms with Crippen molar-refractivity contribution in [2.45, 2.75) is 10.9 Å². The predicted molar refractivity (Wildman–Crippen MR) is 76.9 cm³/mol. The number of rotatable bonds is 4. The normalized spacial score (nSPS) is 10.8. The third-order valence-corrected chi connectivity index (χ3v) is 3.84. The maximum Gasteiger partial charge on any atom is 0.226 e. The molecule has 0 aliphatic rings. The van der Waals surface area contributed by atoms with Crippen molar-refractivity contribution >= 4 is 17.7 Å². The van der Waals surface area contributed by atoms with E-state index in [1.54, 1.807) is 10.8 Å². The molecule has 0 aliphatic carbocycles. The molecule has 0 saturated heterocycles. The van der Waals surface area contributed by atoms with E-state index in [1.165, 1.54) is 11.8 Å². The van der Waals surface area contributed by atoms with Crippen LogP contribution < -0.4 is 5.73 Å². The second kappa shape index (κ2) is 5.38. The first-order valence-corrected chi connectivity index (χ1v) is 7.00. The molecular weight excluding hydrogens is 274 g/mol. The molecule has 0 fully saturated rings. The number of nitrogens with zero attached hydrogens (tertiary/aromatic N) is 4. The summed E-state index contributed by atoms with van der Waals surface area (Å²) in [5.41, 5.74) is 7.45. The first-order valence-electron chi connectivity index (χ1n) is 6.01. The van der Waals surface area contributed by atoms with E-state index in [4.69, 9.17) is 10.2 Å². The fourth-order valence-electron chi connectivity index (χ4n) is 1.68. The average Bonchev–Trinajstić information content (AvgIpc) is 3.07. The lowest BCUT2D eigenvalue weighted by atomic mass is 10.2. The zero-order valence-corrected chi connectivity index (χ0v) is 11.7. The molecule has 3 rings (SSSR count). The number of hydrogen-bond donors (Lipinski definition) is 1. The molecule has 2 heterocycles. The Kier molecular flexibility index (Phi) is 3.42. The van der Waals surface area contributed by atoms with Crippen LogP contribution in [0.3, 0.4) is 0 Å². The van der Waals surface area contributed by atoms with Crippen LogP contribution in [0, 0.1) is 0 Å². The summed E-state index contributed by atoms with van der Waals surface area (Å²) >= 11 is 1.52. The lowest BCUT2D eigenvalue weighted by Crippen LogP contribution is -1.98. The minimum absolute atomic E-state index is 0.401. The molecule has 0 amide bonds. The number of aromatic nitrogens is 4. The molecule has 20 heavy (non-hydrogen) atoms. The fourth-order valence-corrected chi connectivity index (χ4v) is 2.47. The summed E-state index contributed by atoms with van der Waals surface area (Å²) < 4.78 is 7.22. The highest BCUT2D eigenvalue weighted by atomic mass is 32.2. The lowest BCUT2D eigenvalue weighted by molar-refractivity contribution is 0.573. The highest BCUT2D eigenvalue weighted by Gasteiger charge is 2.10. The minimum Gasteiger partial charge on any atom is -0.444 e. The summed E-state index contributed by atoms with van der Waals surface area (Å²) in [5.74, 6) is 1.68. The molecule has 0 spiro atoms. The standard InChI is InChI=1S/C13H13N5OS/c1-18-12(14)16-17-13(18)20-8-10-7-19-11(15-10)9-5-3-2-4-6-9/h2-7H,8H2,1H3,(H2,14,16). The number of benzene rings is 1. The SMILES string of the molecule is Cn1c(N)nnc1SCc1coc(-c2ccccc2)n1. The summed E-state index contributed by atoms with van der Waals surface area (Å²) in [6.07, 6.45) is 1.66. The smallest absolute Gasteiger partial charge is 0.226 e. The number of oxazole rings is 1. The Labute approximate surface area is 120 Å². The summed E-state index contributed by atoms with van der Waals surface area (Å²) in [4.78, 5) is 4.46. The molecule has 0 aliphatic heterocycles. The van der Waals surface area contributed by atoms with Crippen molar-refractivity contribution in [1.29, 1.82) is 0 Å². The molecule has 0 bridgehead atoms. The third-order valence-electron chi connectivity index (χ3n) is 2.79. The molecule has 102 valence electrons. The molecule has 2 aromatic heterocycles. The van der Waals surface area contributed by atoms with E-state index in [2.05, 4.69) is 15.2 Å². The maximum absolute atomic E-state index is 5.63. The van der Waals surface area contributed by atoms with Crippen molar-refractivity contribution in [3.05, 3.63) is 42.3 Å². The molecular formula is C13H13N5OS. The summed E-state index contributed by atoms with van der Waals surface area (Å²) in [7, 11) is 1.83. The van der Waals surface area contributed by atoms with Gasteiger partial charge in [0.15, 0.2) is 5.16 Å². The molecule has 0 atom stereocenters. The van der Waals surface area contributed by atoms with Gasteiger partial charge >= 0.3 is 0 Å². The molecule has 7 heteroatoms. The van der Waals surface area contributed by atoms with Crippen LogP contribution in [0.2, 0.25) is 0 Å². The van der Waals surface area contributed by atoms with Crippen LogP contribution in [0.15, 0.2) is 46.2 Å². The number of nitrogens with two attached hydrogens (primary N) is 1. The molecule has 3 aromatic rings. The Bertz CT molecular complexity index is 707. The number of nitrogen functional groups attached to an aromatic ring is 1. The van der Waals surface area contributed by atoms with Gasteiger partial charge in [0.2, 0.25) is 11.8 Å². The molecule has 0 unspecified atom stereocenters. The van der Waals surface area contributed by atoms with Gasteiger partial charge in [-0.15, -0.1) is 10.2 Å². The third kappa shape index (κ3) is 2.53. The molecule has 0 saturated carbocycles. The second-order valence-electron chi connectivity index (χ2n) is 4.20. The minimum atomic E-state index is 0.401. The Hall–Kier alpha value is -2.28. The number of anilines is 1. The van der Waals surface area contributed by atoms with Gasteiger partial charge in [-0.2, -0.15) is 0 Å². The summed E-state index contributed by atoms with van der Waals surface area (Å²) in [6, 6.07) is 9.80. The maximum atomic E-state index is 5.63. The first-order chi connectivity index (χ1) is 9.74. The van der Waals surface area contributed by atoms with Gasteiger partial charge < -0.3 is 10.2 Å². The van der Waals surface area contributed by atoms with E-state index in [0.29, 0.717) is 17.6 Å². The topological polar surface area (TPSA) is 82.8 Å². The Balaban J connectivity index is 1.70. The van der Waals surface area contributed by atoms with Crippen molar-refractivity contribution in [3.63, 3.8) is 0 Å². The van der Waals surface area contributed by atoms with Gasteiger partial charge in [-0.25, -0.2) is 4.98 Å². The zero-order chi connectivity index (χ0) is 13.9. The fraction of sp³-hybridized carbons (Fsp3) is 0.154. The van der Waals surface area contributed by atoms with Crippen LogP contribution in [-0.4, -0.2) is 19.7 Å². The van der Waals surface area contributed by atoms with E-state index in [1.807, 2.05) is 37.4 Å². The van der Waals surface area contributed by atoms with Crippen molar-refractivity contribution in [2.24, 2.45) is 7.05 Å². The summed E-state index contributed by atoms with van der Waals surface area (Å²) in [5, 5.41) is 8.55. The Morgan fingerprint density at radius 1 is 1.25 bits per heavy atom. The van der Waals surface area contributed by atoms with Crippen molar-refractivity contribution < 1.29 is 4.42 Å². The van der Waals surface area contributed by atoms with Crippen LogP contribution >= 0.6 is 11.8 Å². The van der Waals surface area contributed by atoms with E-state index in [9.17, 15) is 0 Å². The van der Waals surface area contributed by atoms with Gasteiger partial charge in [-0.1, -0.05) is 30.0 Å². The highest BCUT2D eigenvalue weighted by molar-refractivity contribution is 7.98. The molecule has 2 N–H and O–H groups in total.